The second kappa shape index (κ2) is 9.52. The van der Waals surface area contributed by atoms with Gasteiger partial charge in [-0.25, -0.2) is 9.59 Å². The quantitative estimate of drug-likeness (QED) is 0.495. The molecule has 3 aromatic rings. The number of benzene rings is 3. The summed E-state index contributed by atoms with van der Waals surface area (Å²) in [4.78, 5) is 25.8. The van der Waals surface area contributed by atoms with Gasteiger partial charge in [0.25, 0.3) is 0 Å². The summed E-state index contributed by atoms with van der Waals surface area (Å²) in [5, 5.41) is 0. The Morgan fingerprint density at radius 3 is 2.11 bits per heavy atom. The second-order valence-corrected chi connectivity index (χ2v) is 9.76. The van der Waals surface area contributed by atoms with Gasteiger partial charge in [-0.3, -0.25) is 4.18 Å². The Hall–Kier alpha value is -3.69. The lowest BCUT2D eigenvalue weighted by atomic mass is 9.98. The van der Waals surface area contributed by atoms with Gasteiger partial charge in [-0.05, 0) is 27.8 Å². The number of nitrogens with zero attached hydrogens (tertiary/aromatic N) is 1. The van der Waals surface area contributed by atoms with Crippen molar-refractivity contribution in [1.29, 1.82) is 0 Å². The van der Waals surface area contributed by atoms with Crippen LogP contribution in [0.2, 0.25) is 0 Å². The molecule has 5 rings (SSSR count). The highest BCUT2D eigenvalue weighted by atomic mass is 32.2. The first-order valence-corrected chi connectivity index (χ1v) is 12.6. The lowest BCUT2D eigenvalue weighted by Crippen LogP contribution is -2.53. The molecule has 1 amide bonds. The van der Waals surface area contributed by atoms with Crippen LogP contribution in [0.25, 0.3) is 11.1 Å². The van der Waals surface area contributed by atoms with E-state index in [-0.39, 0.29) is 32.2 Å². The van der Waals surface area contributed by atoms with Crippen molar-refractivity contribution in [2.75, 3.05) is 13.2 Å². The molecule has 1 saturated heterocycles. The molecular weight excluding hydrogens is 470 g/mol. The molecule has 2 aliphatic rings. The molecular formula is C26H23NO7S. The zero-order valence-electron chi connectivity index (χ0n) is 18.7. The maximum Gasteiger partial charge on any atom is 0.426 e. The molecule has 3 aromatic carbocycles. The van der Waals surface area contributed by atoms with Gasteiger partial charge in [-0.15, -0.1) is 0 Å². The van der Waals surface area contributed by atoms with E-state index in [1.807, 2.05) is 54.6 Å². The summed E-state index contributed by atoms with van der Waals surface area (Å²) >= 11 is 0. The average molecular weight is 494 g/mol. The van der Waals surface area contributed by atoms with Crippen molar-refractivity contribution in [2.45, 2.75) is 25.0 Å². The van der Waals surface area contributed by atoms with Gasteiger partial charge < -0.3 is 9.47 Å². The number of hydrogen-bond acceptors (Lipinski definition) is 7. The first kappa shape index (κ1) is 23.1. The van der Waals surface area contributed by atoms with E-state index in [0.717, 1.165) is 27.8 Å². The van der Waals surface area contributed by atoms with Crippen molar-refractivity contribution in [2.24, 2.45) is 0 Å². The number of ether oxygens (including phenoxy) is 2. The van der Waals surface area contributed by atoms with Crippen LogP contribution in [0.5, 0.6) is 0 Å². The summed E-state index contributed by atoms with van der Waals surface area (Å²) in [6.07, 6.45) is -1.20. The summed E-state index contributed by atoms with van der Waals surface area (Å²) in [6, 6.07) is 23.2. The summed E-state index contributed by atoms with van der Waals surface area (Å²) in [6.45, 7) is -0.374. The van der Waals surface area contributed by atoms with Gasteiger partial charge in [0.15, 0.2) is 6.04 Å². The van der Waals surface area contributed by atoms with E-state index >= 15 is 0 Å². The molecule has 9 heteroatoms. The summed E-state index contributed by atoms with van der Waals surface area (Å²) in [7, 11) is -4.51. The van der Waals surface area contributed by atoms with Gasteiger partial charge in [0, 0.05) is 12.3 Å². The highest BCUT2D eigenvalue weighted by Crippen LogP contribution is 2.44. The van der Waals surface area contributed by atoms with Crippen LogP contribution in [0.4, 0.5) is 4.79 Å². The Morgan fingerprint density at radius 2 is 1.46 bits per heavy atom. The molecule has 0 bridgehead atoms. The van der Waals surface area contributed by atoms with Crippen LogP contribution in [0.15, 0.2) is 78.9 Å². The number of rotatable bonds is 5. The molecule has 0 spiro atoms. The number of fused-ring (bicyclic) bond motifs is 3. The third-order valence-electron chi connectivity index (χ3n) is 6.16. The maximum absolute atomic E-state index is 13.0. The van der Waals surface area contributed by atoms with Crippen LogP contribution in [0, 0.1) is 0 Å². The van der Waals surface area contributed by atoms with Gasteiger partial charge in [0.05, 0.1) is 6.61 Å². The molecule has 0 aromatic heterocycles. The van der Waals surface area contributed by atoms with Crippen molar-refractivity contribution in [3.63, 3.8) is 0 Å². The van der Waals surface area contributed by atoms with Crippen molar-refractivity contribution in [1.82, 2.24) is 4.31 Å². The molecule has 1 heterocycles. The fourth-order valence-corrected chi connectivity index (χ4v) is 5.67. The van der Waals surface area contributed by atoms with Crippen molar-refractivity contribution >= 4 is 22.4 Å². The van der Waals surface area contributed by atoms with E-state index in [0.29, 0.717) is 4.31 Å². The molecule has 1 aliphatic heterocycles. The first-order valence-electron chi connectivity index (χ1n) is 11.2. The summed E-state index contributed by atoms with van der Waals surface area (Å²) in [5.41, 5.74) is 4.79. The molecule has 0 saturated carbocycles. The summed E-state index contributed by atoms with van der Waals surface area (Å²) < 4.78 is 41.2. The molecule has 1 aliphatic carbocycles. The zero-order chi connectivity index (χ0) is 24.4. The maximum atomic E-state index is 13.0. The fourth-order valence-electron chi connectivity index (χ4n) is 4.51. The van der Waals surface area contributed by atoms with Crippen molar-refractivity contribution in [3.8, 4) is 11.1 Å². The SMILES string of the molecule is O=C(OCc1ccccc1)[C@H]1CCOS(=O)(=O)N1C(=O)OCC1c2ccccc2-c2ccccc21. The molecule has 180 valence electrons. The minimum absolute atomic E-state index is 0.0307. The molecule has 35 heavy (non-hydrogen) atoms. The molecule has 0 radical (unpaired) electrons. The monoisotopic (exact) mass is 493 g/mol. The van der Waals surface area contributed by atoms with Crippen LogP contribution in [0.3, 0.4) is 0 Å². The Labute approximate surface area is 203 Å². The highest BCUT2D eigenvalue weighted by molar-refractivity contribution is 7.85. The minimum Gasteiger partial charge on any atom is -0.459 e. The Balaban J connectivity index is 1.33. The lowest BCUT2D eigenvalue weighted by molar-refractivity contribution is -0.150. The van der Waals surface area contributed by atoms with Crippen LogP contribution in [-0.2, 0) is 35.4 Å². The number of hydrogen-bond donors (Lipinski definition) is 0. The van der Waals surface area contributed by atoms with Gasteiger partial charge >= 0.3 is 22.4 Å². The first-order chi connectivity index (χ1) is 17.0. The Morgan fingerprint density at radius 1 is 0.857 bits per heavy atom. The molecule has 0 N–H and O–H groups in total. The molecule has 1 atom stereocenters. The topological polar surface area (TPSA) is 99.2 Å². The van der Waals surface area contributed by atoms with Gasteiger partial charge in [-0.2, -0.15) is 12.7 Å². The van der Waals surface area contributed by atoms with E-state index in [1.54, 1.807) is 24.3 Å². The normalized spacial score (nSPS) is 18.4. The van der Waals surface area contributed by atoms with Crippen molar-refractivity contribution < 1.29 is 31.7 Å². The van der Waals surface area contributed by atoms with Crippen LogP contribution in [-0.4, -0.2) is 44.0 Å². The number of amides is 1. The van der Waals surface area contributed by atoms with Crippen LogP contribution >= 0.6 is 0 Å². The highest BCUT2D eigenvalue weighted by Gasteiger charge is 2.45. The van der Waals surface area contributed by atoms with Gasteiger partial charge in [-0.1, -0.05) is 78.9 Å². The van der Waals surface area contributed by atoms with Gasteiger partial charge in [0.2, 0.25) is 0 Å². The second-order valence-electron chi connectivity index (χ2n) is 8.28. The molecule has 0 unspecified atom stereocenters. The van der Waals surface area contributed by atoms with E-state index in [2.05, 4.69) is 0 Å². The Kier molecular flexibility index (Phi) is 6.27. The third kappa shape index (κ3) is 4.52. The van der Waals surface area contributed by atoms with E-state index in [1.165, 1.54) is 0 Å². The zero-order valence-corrected chi connectivity index (χ0v) is 19.5. The smallest absolute Gasteiger partial charge is 0.426 e. The lowest BCUT2D eigenvalue weighted by Gasteiger charge is -2.31. The van der Waals surface area contributed by atoms with E-state index < -0.39 is 28.4 Å². The molecule has 8 nitrogen and oxygen atoms in total. The third-order valence-corrected chi connectivity index (χ3v) is 7.51. The standard InChI is InChI=1S/C26H23NO7S/c28-25(32-16-18-8-2-1-3-9-18)24-14-15-34-35(30,31)27(24)26(29)33-17-23-21-12-6-4-10-19(21)20-11-5-7-13-22(20)23/h1-13,23-24H,14-17H2/t24-/m1/s1. The summed E-state index contributed by atoms with van der Waals surface area (Å²) in [5.74, 6) is -1.10. The number of carbonyl (C=O) groups is 2. The van der Waals surface area contributed by atoms with Crippen LogP contribution < -0.4 is 0 Å². The van der Waals surface area contributed by atoms with Gasteiger partial charge in [0.1, 0.15) is 13.2 Å². The predicted octanol–water partition coefficient (Wildman–Crippen LogP) is 4.01. The van der Waals surface area contributed by atoms with E-state index in [9.17, 15) is 18.0 Å². The van der Waals surface area contributed by atoms with Crippen molar-refractivity contribution in [3.05, 3.63) is 95.6 Å². The number of esters is 1. The fraction of sp³-hybridized carbons (Fsp3) is 0.231. The predicted molar refractivity (Wildman–Crippen MR) is 126 cm³/mol. The Bertz CT molecular complexity index is 1310. The average Bonchev–Trinajstić information content (AvgIpc) is 3.19. The molecule has 1 fully saturated rings. The minimum atomic E-state index is -4.51. The number of carbonyl (C=O) groups excluding carboxylic acids is 2. The van der Waals surface area contributed by atoms with Crippen LogP contribution in [0.1, 0.15) is 29.0 Å². The van der Waals surface area contributed by atoms with E-state index in [4.69, 9.17) is 13.7 Å². The largest absolute Gasteiger partial charge is 0.459 e.